The first kappa shape index (κ1) is 13.3. The molecule has 0 saturated carbocycles. The van der Waals surface area contributed by atoms with Crippen LogP contribution in [0.2, 0.25) is 0 Å². The number of fused-ring (bicyclic) bond motifs is 1. The highest BCUT2D eigenvalue weighted by molar-refractivity contribution is 5.34. The summed E-state index contributed by atoms with van der Waals surface area (Å²) in [5.74, 6) is -0.279. The topological polar surface area (TPSA) is 32.3 Å². The van der Waals surface area contributed by atoms with Crippen LogP contribution in [0.4, 0.5) is 4.39 Å². The molecule has 0 saturated heterocycles. The highest BCUT2D eigenvalue weighted by Gasteiger charge is 2.22. The van der Waals surface area contributed by atoms with Crippen molar-refractivity contribution in [3.8, 4) is 0 Å². The number of hydrogen-bond donors (Lipinski definition) is 2. The maximum atomic E-state index is 12.8. The van der Waals surface area contributed by atoms with Crippen LogP contribution in [0.25, 0.3) is 0 Å². The zero-order chi connectivity index (χ0) is 13.9. The maximum absolute atomic E-state index is 12.8. The Labute approximate surface area is 118 Å². The fraction of sp³-hybridized carbons (Fsp3) is 0.294. The van der Waals surface area contributed by atoms with E-state index < -0.39 is 6.10 Å². The summed E-state index contributed by atoms with van der Waals surface area (Å²) < 4.78 is 12.8. The molecule has 0 bridgehead atoms. The van der Waals surface area contributed by atoms with E-state index in [9.17, 15) is 9.50 Å². The first-order valence-electron chi connectivity index (χ1n) is 6.99. The molecule has 2 atom stereocenters. The predicted molar refractivity (Wildman–Crippen MR) is 76.9 cm³/mol. The molecule has 0 heterocycles. The van der Waals surface area contributed by atoms with Crippen molar-refractivity contribution >= 4 is 0 Å². The van der Waals surface area contributed by atoms with Gasteiger partial charge in [0.15, 0.2) is 0 Å². The number of rotatable bonds is 4. The van der Waals surface area contributed by atoms with Crippen molar-refractivity contribution in [1.82, 2.24) is 5.32 Å². The van der Waals surface area contributed by atoms with Crippen LogP contribution >= 0.6 is 0 Å². The molecule has 2 unspecified atom stereocenters. The fourth-order valence-electron chi connectivity index (χ4n) is 2.83. The van der Waals surface area contributed by atoms with Gasteiger partial charge >= 0.3 is 0 Å². The van der Waals surface area contributed by atoms with E-state index in [1.807, 2.05) is 0 Å². The maximum Gasteiger partial charge on any atom is 0.123 e. The van der Waals surface area contributed by atoms with Crippen LogP contribution in [0.5, 0.6) is 0 Å². The van der Waals surface area contributed by atoms with Gasteiger partial charge < -0.3 is 10.4 Å². The zero-order valence-electron chi connectivity index (χ0n) is 11.2. The van der Waals surface area contributed by atoms with Gasteiger partial charge in [-0.15, -0.1) is 0 Å². The van der Waals surface area contributed by atoms with Gasteiger partial charge in [-0.1, -0.05) is 36.4 Å². The third-order valence-corrected chi connectivity index (χ3v) is 3.95. The van der Waals surface area contributed by atoms with Crippen molar-refractivity contribution < 1.29 is 9.50 Å². The van der Waals surface area contributed by atoms with Gasteiger partial charge in [0.1, 0.15) is 5.82 Å². The largest absolute Gasteiger partial charge is 0.387 e. The van der Waals surface area contributed by atoms with Crippen LogP contribution in [0.1, 0.15) is 35.3 Å². The summed E-state index contributed by atoms with van der Waals surface area (Å²) in [6.45, 7) is 0.477. The minimum absolute atomic E-state index is 0.279. The van der Waals surface area contributed by atoms with Gasteiger partial charge in [0, 0.05) is 12.6 Å². The van der Waals surface area contributed by atoms with E-state index in [-0.39, 0.29) is 5.82 Å². The third kappa shape index (κ3) is 2.74. The van der Waals surface area contributed by atoms with Crippen LogP contribution in [-0.4, -0.2) is 11.7 Å². The van der Waals surface area contributed by atoms with Crippen molar-refractivity contribution in [2.45, 2.75) is 25.0 Å². The Balaban J connectivity index is 1.62. The van der Waals surface area contributed by atoms with Gasteiger partial charge in [0.05, 0.1) is 6.10 Å². The van der Waals surface area contributed by atoms with E-state index in [0.29, 0.717) is 12.6 Å². The highest BCUT2D eigenvalue weighted by atomic mass is 19.1. The molecular weight excluding hydrogens is 253 g/mol. The van der Waals surface area contributed by atoms with Crippen LogP contribution in [0.3, 0.4) is 0 Å². The van der Waals surface area contributed by atoms with Gasteiger partial charge in [-0.2, -0.15) is 0 Å². The molecule has 0 amide bonds. The summed E-state index contributed by atoms with van der Waals surface area (Å²) in [6.07, 6.45) is 1.54. The lowest BCUT2D eigenvalue weighted by Gasteiger charge is -2.17. The average molecular weight is 271 g/mol. The molecule has 0 spiro atoms. The van der Waals surface area contributed by atoms with Crippen LogP contribution < -0.4 is 5.32 Å². The summed E-state index contributed by atoms with van der Waals surface area (Å²) in [5.41, 5.74) is 3.46. The van der Waals surface area contributed by atoms with Crippen molar-refractivity contribution in [2.75, 3.05) is 6.54 Å². The number of nitrogens with one attached hydrogen (secondary N) is 1. The summed E-state index contributed by atoms with van der Waals surface area (Å²) in [4.78, 5) is 0. The number of aliphatic hydroxyl groups excluding tert-OH is 1. The van der Waals surface area contributed by atoms with Gasteiger partial charge in [0.25, 0.3) is 0 Å². The molecule has 20 heavy (non-hydrogen) atoms. The van der Waals surface area contributed by atoms with Crippen LogP contribution in [0.15, 0.2) is 48.5 Å². The van der Waals surface area contributed by atoms with Gasteiger partial charge in [-0.25, -0.2) is 4.39 Å². The average Bonchev–Trinajstić information content (AvgIpc) is 2.89. The van der Waals surface area contributed by atoms with E-state index in [1.54, 1.807) is 12.1 Å². The smallest absolute Gasteiger partial charge is 0.123 e. The number of aryl methyl sites for hydroxylation is 1. The molecule has 0 radical (unpaired) electrons. The first-order valence-corrected chi connectivity index (χ1v) is 6.99. The van der Waals surface area contributed by atoms with Crippen molar-refractivity contribution in [2.24, 2.45) is 0 Å². The number of benzene rings is 2. The Morgan fingerprint density at radius 1 is 1.15 bits per heavy atom. The molecule has 2 aromatic rings. The number of halogens is 1. The predicted octanol–water partition coefficient (Wildman–Crippen LogP) is 3.14. The number of aliphatic hydroxyl groups is 1. The minimum atomic E-state index is -0.608. The monoisotopic (exact) mass is 271 g/mol. The Morgan fingerprint density at radius 3 is 2.70 bits per heavy atom. The molecule has 1 aliphatic carbocycles. The van der Waals surface area contributed by atoms with Crippen LogP contribution in [0, 0.1) is 5.82 Å². The lowest BCUT2D eigenvalue weighted by atomic mass is 10.1. The lowest BCUT2D eigenvalue weighted by Crippen LogP contribution is -2.25. The lowest BCUT2D eigenvalue weighted by molar-refractivity contribution is 0.169. The van der Waals surface area contributed by atoms with Crippen molar-refractivity contribution in [3.63, 3.8) is 0 Å². The summed E-state index contributed by atoms with van der Waals surface area (Å²) in [7, 11) is 0. The molecule has 3 heteroatoms. The summed E-state index contributed by atoms with van der Waals surface area (Å²) >= 11 is 0. The first-order chi connectivity index (χ1) is 9.74. The molecule has 2 nitrogen and oxygen atoms in total. The summed E-state index contributed by atoms with van der Waals surface area (Å²) in [5, 5.41) is 13.5. The minimum Gasteiger partial charge on any atom is -0.387 e. The van der Waals surface area contributed by atoms with E-state index in [1.165, 1.54) is 23.3 Å². The molecule has 0 aliphatic heterocycles. The molecular formula is C17H18FNO. The van der Waals surface area contributed by atoms with E-state index in [4.69, 9.17) is 0 Å². The van der Waals surface area contributed by atoms with Crippen molar-refractivity contribution in [1.29, 1.82) is 0 Å². The van der Waals surface area contributed by atoms with E-state index in [0.717, 1.165) is 18.4 Å². The normalized spacial score (nSPS) is 18.8. The molecule has 1 aliphatic rings. The van der Waals surface area contributed by atoms with Gasteiger partial charge in [0.2, 0.25) is 0 Å². The summed E-state index contributed by atoms with van der Waals surface area (Å²) in [6, 6.07) is 14.7. The van der Waals surface area contributed by atoms with E-state index in [2.05, 4.69) is 29.6 Å². The Bertz CT molecular complexity index is 582. The molecule has 104 valence electrons. The van der Waals surface area contributed by atoms with Gasteiger partial charge in [-0.05, 0) is 41.7 Å². The van der Waals surface area contributed by atoms with Crippen LogP contribution in [-0.2, 0) is 6.42 Å². The third-order valence-electron chi connectivity index (χ3n) is 3.95. The standard InChI is InChI=1S/C17H18FNO/c18-14-8-5-13(6-9-14)17(20)11-19-16-10-7-12-3-1-2-4-15(12)16/h1-6,8-9,16-17,19-20H,7,10-11H2. The second kappa shape index (κ2) is 5.73. The Hall–Kier alpha value is -1.71. The SMILES string of the molecule is OC(CNC1CCc2ccccc21)c1ccc(F)cc1. The van der Waals surface area contributed by atoms with E-state index >= 15 is 0 Å². The zero-order valence-corrected chi connectivity index (χ0v) is 11.2. The second-order valence-electron chi connectivity index (χ2n) is 5.27. The second-order valence-corrected chi connectivity index (χ2v) is 5.27. The highest BCUT2D eigenvalue weighted by Crippen LogP contribution is 2.30. The molecule has 2 N–H and O–H groups in total. The van der Waals surface area contributed by atoms with Crippen molar-refractivity contribution in [3.05, 3.63) is 71.0 Å². The fourth-order valence-corrected chi connectivity index (χ4v) is 2.83. The molecule has 0 aromatic heterocycles. The van der Waals surface area contributed by atoms with Gasteiger partial charge in [-0.3, -0.25) is 0 Å². The Morgan fingerprint density at radius 2 is 1.90 bits per heavy atom. The molecule has 2 aromatic carbocycles. The quantitative estimate of drug-likeness (QED) is 0.895. The molecule has 0 fully saturated rings. The Kier molecular flexibility index (Phi) is 3.81. The molecule has 3 rings (SSSR count). The number of hydrogen-bond acceptors (Lipinski definition) is 2.